The molecule has 1 heterocycles. The molecule has 1 aromatic rings. The molecule has 0 aliphatic carbocycles. The first-order valence-electron chi connectivity index (χ1n) is 5.74. The van der Waals surface area contributed by atoms with E-state index in [-0.39, 0.29) is 24.0 Å². The lowest BCUT2D eigenvalue weighted by Crippen LogP contribution is -2.63. The normalized spacial score (nSPS) is 30.6. The van der Waals surface area contributed by atoms with Crippen molar-refractivity contribution in [2.45, 2.75) is 38.1 Å². The molecule has 2 atom stereocenters. The molecule has 0 aromatic heterocycles. The monoisotopic (exact) mass is 291 g/mol. The van der Waals surface area contributed by atoms with Gasteiger partial charge in [-0.25, -0.2) is 0 Å². The number of aliphatic hydroxyl groups is 1. The fourth-order valence-corrected chi connectivity index (χ4v) is 2.38. The highest BCUT2D eigenvalue weighted by Crippen LogP contribution is 2.33. The van der Waals surface area contributed by atoms with Crippen molar-refractivity contribution in [2.24, 2.45) is 0 Å². The maximum Gasteiger partial charge on any atom is 0.208 e. The SMILES string of the molecule is CC1NC(C)(C)CO[C@@]1(O)c1cccc(Cl)c1.Cl. The number of hydrogen-bond acceptors (Lipinski definition) is 3. The highest BCUT2D eigenvalue weighted by Gasteiger charge is 2.44. The van der Waals surface area contributed by atoms with Crippen LogP contribution in [0, 0.1) is 0 Å². The van der Waals surface area contributed by atoms with E-state index in [0.29, 0.717) is 17.2 Å². The summed E-state index contributed by atoms with van der Waals surface area (Å²) in [5, 5.41) is 14.6. The smallest absolute Gasteiger partial charge is 0.208 e. The minimum atomic E-state index is -1.32. The van der Waals surface area contributed by atoms with Gasteiger partial charge >= 0.3 is 0 Å². The molecule has 0 radical (unpaired) electrons. The maximum absolute atomic E-state index is 10.6. The fraction of sp³-hybridized carbons (Fsp3) is 0.538. The van der Waals surface area contributed by atoms with Crippen molar-refractivity contribution in [3.05, 3.63) is 34.9 Å². The number of rotatable bonds is 1. The van der Waals surface area contributed by atoms with Crippen LogP contribution in [-0.2, 0) is 10.5 Å². The third-order valence-corrected chi connectivity index (χ3v) is 3.32. The molecule has 0 amide bonds. The Kier molecular flexibility index (Phi) is 4.68. The van der Waals surface area contributed by atoms with E-state index in [1.807, 2.05) is 32.9 Å². The predicted molar refractivity (Wildman–Crippen MR) is 75.2 cm³/mol. The summed E-state index contributed by atoms with van der Waals surface area (Å²) in [4.78, 5) is 0. The molecule has 1 saturated heterocycles. The van der Waals surface area contributed by atoms with Crippen LogP contribution in [0.2, 0.25) is 5.02 Å². The van der Waals surface area contributed by atoms with Gasteiger partial charge in [-0.15, -0.1) is 12.4 Å². The number of morpholine rings is 1. The molecule has 0 saturated carbocycles. The van der Waals surface area contributed by atoms with E-state index < -0.39 is 5.79 Å². The summed E-state index contributed by atoms with van der Waals surface area (Å²) in [5.74, 6) is -1.32. The van der Waals surface area contributed by atoms with Crippen LogP contribution in [-0.4, -0.2) is 23.3 Å². The molecule has 1 aromatic carbocycles. The van der Waals surface area contributed by atoms with Crippen molar-refractivity contribution in [3.63, 3.8) is 0 Å². The highest BCUT2D eigenvalue weighted by atomic mass is 35.5. The Bertz CT molecular complexity index is 425. The van der Waals surface area contributed by atoms with Crippen LogP contribution in [0.3, 0.4) is 0 Å². The minimum Gasteiger partial charge on any atom is -0.361 e. The average molecular weight is 292 g/mol. The molecule has 2 N–H and O–H groups in total. The van der Waals surface area contributed by atoms with Crippen LogP contribution in [0.25, 0.3) is 0 Å². The Morgan fingerprint density at radius 2 is 2.11 bits per heavy atom. The molecule has 0 bridgehead atoms. The van der Waals surface area contributed by atoms with E-state index in [1.54, 1.807) is 12.1 Å². The zero-order valence-corrected chi connectivity index (χ0v) is 12.3. The van der Waals surface area contributed by atoms with Crippen molar-refractivity contribution >= 4 is 24.0 Å². The Morgan fingerprint density at radius 1 is 1.44 bits per heavy atom. The summed E-state index contributed by atoms with van der Waals surface area (Å²) in [5.41, 5.74) is 0.546. The van der Waals surface area contributed by atoms with Crippen LogP contribution < -0.4 is 5.32 Å². The summed E-state index contributed by atoms with van der Waals surface area (Å²) in [6.07, 6.45) is 0. The molecule has 1 aliphatic heterocycles. The van der Waals surface area contributed by atoms with E-state index in [0.717, 1.165) is 0 Å². The predicted octanol–water partition coefficient (Wildman–Crippen LogP) is 2.69. The minimum absolute atomic E-state index is 0. The van der Waals surface area contributed by atoms with E-state index in [4.69, 9.17) is 16.3 Å². The summed E-state index contributed by atoms with van der Waals surface area (Å²) >= 11 is 5.94. The van der Waals surface area contributed by atoms with Gasteiger partial charge in [0, 0.05) is 16.1 Å². The lowest BCUT2D eigenvalue weighted by atomic mass is 9.93. The largest absolute Gasteiger partial charge is 0.361 e. The summed E-state index contributed by atoms with van der Waals surface area (Å²) in [7, 11) is 0. The third kappa shape index (κ3) is 2.98. The topological polar surface area (TPSA) is 41.5 Å². The quantitative estimate of drug-likeness (QED) is 0.836. The maximum atomic E-state index is 10.6. The Morgan fingerprint density at radius 3 is 2.67 bits per heavy atom. The van der Waals surface area contributed by atoms with Crippen molar-refractivity contribution in [2.75, 3.05) is 6.61 Å². The second kappa shape index (κ2) is 5.35. The van der Waals surface area contributed by atoms with E-state index >= 15 is 0 Å². The van der Waals surface area contributed by atoms with E-state index in [1.165, 1.54) is 0 Å². The van der Waals surface area contributed by atoms with Gasteiger partial charge in [-0.05, 0) is 32.9 Å². The van der Waals surface area contributed by atoms with Gasteiger partial charge in [-0.3, -0.25) is 0 Å². The number of benzene rings is 1. The summed E-state index contributed by atoms with van der Waals surface area (Å²) in [6.45, 7) is 6.43. The molecule has 2 rings (SSSR count). The van der Waals surface area contributed by atoms with Gasteiger partial charge in [0.05, 0.1) is 12.6 Å². The fourth-order valence-electron chi connectivity index (χ4n) is 2.19. The van der Waals surface area contributed by atoms with Crippen molar-refractivity contribution in [3.8, 4) is 0 Å². The van der Waals surface area contributed by atoms with Crippen molar-refractivity contribution in [1.82, 2.24) is 5.32 Å². The Balaban J connectivity index is 0.00000162. The van der Waals surface area contributed by atoms with Gasteiger partial charge < -0.3 is 15.2 Å². The van der Waals surface area contributed by atoms with Crippen LogP contribution in [0.1, 0.15) is 26.3 Å². The summed E-state index contributed by atoms with van der Waals surface area (Å²) in [6, 6.07) is 6.94. The van der Waals surface area contributed by atoms with Gasteiger partial charge in [0.15, 0.2) is 0 Å². The zero-order valence-electron chi connectivity index (χ0n) is 10.7. The van der Waals surface area contributed by atoms with Crippen LogP contribution in [0.4, 0.5) is 0 Å². The first kappa shape index (κ1) is 15.7. The molecular formula is C13H19Cl2NO2. The lowest BCUT2D eigenvalue weighted by molar-refractivity contribution is -0.263. The van der Waals surface area contributed by atoms with Gasteiger partial charge in [-0.2, -0.15) is 0 Å². The zero-order chi connectivity index (χ0) is 12.7. The molecule has 102 valence electrons. The number of nitrogens with one attached hydrogen (secondary N) is 1. The van der Waals surface area contributed by atoms with Gasteiger partial charge in [0.25, 0.3) is 0 Å². The van der Waals surface area contributed by atoms with Crippen LogP contribution >= 0.6 is 24.0 Å². The van der Waals surface area contributed by atoms with Crippen molar-refractivity contribution < 1.29 is 9.84 Å². The van der Waals surface area contributed by atoms with E-state index in [2.05, 4.69) is 5.32 Å². The second-order valence-corrected chi connectivity index (χ2v) is 5.68. The standard InChI is InChI=1S/C13H18ClNO2.ClH/c1-9-13(16,17-8-12(2,3)15-9)10-5-4-6-11(14)7-10;/h4-7,9,15-16H,8H2,1-3H3;1H/t9?,13-;/m1./s1. The van der Waals surface area contributed by atoms with Gasteiger partial charge in [0.1, 0.15) is 0 Å². The number of ether oxygens (including phenoxy) is 1. The number of hydrogen-bond donors (Lipinski definition) is 2. The van der Waals surface area contributed by atoms with Crippen LogP contribution in [0.15, 0.2) is 24.3 Å². The summed E-state index contributed by atoms with van der Waals surface area (Å²) < 4.78 is 5.67. The lowest BCUT2D eigenvalue weighted by Gasteiger charge is -2.46. The molecular weight excluding hydrogens is 273 g/mol. The van der Waals surface area contributed by atoms with E-state index in [9.17, 15) is 5.11 Å². The number of halogens is 2. The third-order valence-electron chi connectivity index (χ3n) is 3.09. The van der Waals surface area contributed by atoms with Gasteiger partial charge in [0.2, 0.25) is 5.79 Å². The molecule has 18 heavy (non-hydrogen) atoms. The second-order valence-electron chi connectivity index (χ2n) is 5.25. The molecule has 5 heteroatoms. The van der Waals surface area contributed by atoms with Crippen LogP contribution in [0.5, 0.6) is 0 Å². The first-order valence-corrected chi connectivity index (χ1v) is 6.11. The Labute approximate surface area is 119 Å². The Hall–Kier alpha value is -0.320. The molecule has 1 fully saturated rings. The average Bonchev–Trinajstić information content (AvgIpc) is 2.24. The molecule has 1 unspecified atom stereocenters. The van der Waals surface area contributed by atoms with Crippen molar-refractivity contribution in [1.29, 1.82) is 0 Å². The molecule has 3 nitrogen and oxygen atoms in total. The molecule has 0 spiro atoms. The first-order chi connectivity index (χ1) is 7.83. The highest BCUT2D eigenvalue weighted by molar-refractivity contribution is 6.30. The molecule has 1 aliphatic rings. The van der Waals surface area contributed by atoms with Gasteiger partial charge in [-0.1, -0.05) is 23.7 Å².